The summed E-state index contributed by atoms with van der Waals surface area (Å²) in [6.45, 7) is 4.48. The molecular formula is C19H19Br2NO2S. The summed E-state index contributed by atoms with van der Waals surface area (Å²) in [6.07, 6.45) is 4.64. The van der Waals surface area contributed by atoms with Crippen LogP contribution in [0.2, 0.25) is 0 Å². The van der Waals surface area contributed by atoms with Gasteiger partial charge in [0.05, 0.1) is 19.2 Å². The normalized spacial score (nSPS) is 20.8. The molecule has 0 amide bonds. The Morgan fingerprint density at radius 3 is 2.72 bits per heavy atom. The van der Waals surface area contributed by atoms with Gasteiger partial charge in [0.2, 0.25) is 0 Å². The van der Waals surface area contributed by atoms with Gasteiger partial charge in [-0.3, -0.25) is 4.79 Å². The summed E-state index contributed by atoms with van der Waals surface area (Å²) >= 11 is 8.33. The van der Waals surface area contributed by atoms with Gasteiger partial charge in [-0.05, 0) is 48.8 Å². The summed E-state index contributed by atoms with van der Waals surface area (Å²) in [5.74, 6) is -0.0244. The lowest BCUT2D eigenvalue weighted by atomic mass is 10.1. The third-order valence-electron chi connectivity index (χ3n) is 4.63. The number of ether oxygens (including phenoxy) is 1. The topological polar surface area (TPSA) is 39.2 Å². The van der Waals surface area contributed by atoms with E-state index in [1.807, 2.05) is 24.3 Å². The zero-order valence-electron chi connectivity index (χ0n) is 14.0. The zero-order chi connectivity index (χ0) is 18.0. The molecule has 1 heterocycles. The second-order valence-electron chi connectivity index (χ2n) is 6.77. The highest BCUT2D eigenvalue weighted by Gasteiger charge is 2.61. The minimum atomic E-state index is -0.134. The molecule has 2 atom stereocenters. The van der Waals surface area contributed by atoms with Crippen LogP contribution in [-0.4, -0.2) is 11.0 Å². The van der Waals surface area contributed by atoms with Crippen LogP contribution in [0.5, 0.6) is 0 Å². The van der Waals surface area contributed by atoms with E-state index < -0.39 is 0 Å². The molecule has 1 fully saturated rings. The number of aromatic nitrogens is 1. The number of benzene rings is 1. The van der Waals surface area contributed by atoms with Crippen molar-refractivity contribution in [3.05, 3.63) is 61.4 Å². The van der Waals surface area contributed by atoms with E-state index in [4.69, 9.17) is 4.74 Å². The highest BCUT2D eigenvalue weighted by Crippen LogP contribution is 2.60. The van der Waals surface area contributed by atoms with E-state index in [0.29, 0.717) is 6.61 Å². The first kappa shape index (κ1) is 18.8. The molecule has 0 radical (unpaired) electrons. The zero-order valence-corrected chi connectivity index (χ0v) is 18.0. The summed E-state index contributed by atoms with van der Waals surface area (Å²) in [4.78, 5) is 17.8. The molecule has 132 valence electrons. The number of esters is 1. The average Bonchev–Trinajstić information content (AvgIpc) is 2.90. The Hall–Kier alpha value is -0.980. The second kappa shape index (κ2) is 7.72. The lowest BCUT2D eigenvalue weighted by Crippen LogP contribution is -2.10. The molecular weight excluding hydrogens is 466 g/mol. The van der Waals surface area contributed by atoms with Crippen molar-refractivity contribution in [3.8, 4) is 0 Å². The Labute approximate surface area is 168 Å². The third-order valence-corrected chi connectivity index (χ3v) is 6.13. The molecule has 1 aliphatic rings. The van der Waals surface area contributed by atoms with Crippen LogP contribution < -0.4 is 0 Å². The number of hydrogen-bond donors (Lipinski definition) is 0. The first-order valence-corrected chi connectivity index (χ1v) is 10.4. The molecule has 0 aliphatic heterocycles. The first-order chi connectivity index (χ1) is 11.9. The Kier molecular flexibility index (Phi) is 5.81. The van der Waals surface area contributed by atoms with Gasteiger partial charge in [-0.2, -0.15) is 0 Å². The molecule has 0 N–H and O–H groups in total. The summed E-state index contributed by atoms with van der Waals surface area (Å²) in [6, 6.07) is 10.2. The molecule has 0 unspecified atom stereocenters. The van der Waals surface area contributed by atoms with E-state index in [2.05, 4.69) is 62.8 Å². The van der Waals surface area contributed by atoms with Crippen molar-refractivity contribution < 1.29 is 9.53 Å². The Morgan fingerprint density at radius 1 is 1.32 bits per heavy atom. The lowest BCUT2D eigenvalue weighted by molar-refractivity contribution is -0.147. The largest absolute Gasteiger partial charge is 0.460 e. The van der Waals surface area contributed by atoms with Crippen LogP contribution in [0.1, 0.15) is 29.3 Å². The summed E-state index contributed by atoms with van der Waals surface area (Å²) in [5, 5.41) is 1.04. The van der Waals surface area contributed by atoms with Crippen molar-refractivity contribution in [2.45, 2.75) is 26.9 Å². The maximum Gasteiger partial charge on any atom is 0.310 e. The van der Waals surface area contributed by atoms with Crippen molar-refractivity contribution in [1.82, 2.24) is 4.98 Å². The number of allylic oxidation sites excluding steroid dienone is 1. The summed E-state index contributed by atoms with van der Waals surface area (Å²) < 4.78 is 6.41. The third kappa shape index (κ3) is 4.60. The molecule has 2 aromatic rings. The molecule has 0 bridgehead atoms. The van der Waals surface area contributed by atoms with Gasteiger partial charge in [-0.25, -0.2) is 4.98 Å². The average molecular weight is 485 g/mol. The molecule has 1 aromatic heterocycles. The molecule has 6 heteroatoms. The van der Waals surface area contributed by atoms with Crippen molar-refractivity contribution >= 4 is 49.2 Å². The highest BCUT2D eigenvalue weighted by atomic mass is 79.9. The summed E-state index contributed by atoms with van der Waals surface area (Å²) in [5.41, 5.74) is 1.17. The Balaban J connectivity index is 1.54. The van der Waals surface area contributed by atoms with Gasteiger partial charge in [0, 0.05) is 12.6 Å². The monoisotopic (exact) mass is 483 g/mol. The van der Waals surface area contributed by atoms with E-state index in [0.717, 1.165) is 19.7 Å². The number of rotatable bonds is 6. The molecule has 3 rings (SSSR count). The fraction of sp³-hybridized carbons (Fsp3) is 0.368. The van der Waals surface area contributed by atoms with Crippen LogP contribution in [0, 0.1) is 17.3 Å². The quantitative estimate of drug-likeness (QED) is 0.495. The van der Waals surface area contributed by atoms with Crippen LogP contribution in [0.25, 0.3) is 0 Å². The number of carbonyl (C=O) groups is 1. The first-order valence-electron chi connectivity index (χ1n) is 8.05. The molecule has 0 saturated heterocycles. The van der Waals surface area contributed by atoms with E-state index >= 15 is 0 Å². The SMILES string of the molecule is CC1(C)[C@H](C(=O)OCc2cnc(Cc3ccccc3)s2)[C@@H]1C=C(Br)Br. The van der Waals surface area contributed by atoms with Crippen molar-refractivity contribution in [2.75, 3.05) is 0 Å². The van der Waals surface area contributed by atoms with Gasteiger partial charge < -0.3 is 4.74 Å². The Bertz CT molecular complexity index is 782. The number of nitrogens with zero attached hydrogens (tertiary/aromatic N) is 1. The predicted molar refractivity (Wildman–Crippen MR) is 108 cm³/mol. The number of halogens is 2. The predicted octanol–water partition coefficient (Wildman–Crippen LogP) is 5.68. The van der Waals surface area contributed by atoms with E-state index in [9.17, 15) is 4.79 Å². The number of hydrogen-bond acceptors (Lipinski definition) is 4. The van der Waals surface area contributed by atoms with Gasteiger partial charge in [-0.15, -0.1) is 11.3 Å². The second-order valence-corrected chi connectivity index (χ2v) is 10.7. The minimum absolute atomic E-state index is 0.0595. The van der Waals surface area contributed by atoms with E-state index in [-0.39, 0.29) is 23.2 Å². The smallest absolute Gasteiger partial charge is 0.310 e. The van der Waals surface area contributed by atoms with Gasteiger partial charge in [-0.1, -0.05) is 50.3 Å². The summed E-state index contributed by atoms with van der Waals surface area (Å²) in [7, 11) is 0. The van der Waals surface area contributed by atoms with Gasteiger partial charge in [0.15, 0.2) is 0 Å². The van der Waals surface area contributed by atoms with Crippen LogP contribution in [0.3, 0.4) is 0 Å². The molecule has 1 aromatic carbocycles. The highest BCUT2D eigenvalue weighted by molar-refractivity contribution is 9.28. The van der Waals surface area contributed by atoms with E-state index in [1.165, 1.54) is 5.56 Å². The minimum Gasteiger partial charge on any atom is -0.460 e. The maximum absolute atomic E-state index is 12.4. The molecule has 3 nitrogen and oxygen atoms in total. The van der Waals surface area contributed by atoms with Crippen LogP contribution >= 0.6 is 43.2 Å². The van der Waals surface area contributed by atoms with Crippen LogP contribution in [-0.2, 0) is 22.6 Å². The standard InChI is InChI=1S/C19H19Br2NO2S/c1-19(2)14(9-15(20)21)17(19)18(23)24-11-13-10-22-16(25-13)8-12-6-4-3-5-7-12/h3-7,9-10,14,17H,8,11H2,1-2H3/t14-,17-/m0/s1. The lowest BCUT2D eigenvalue weighted by Gasteiger charge is -2.03. The van der Waals surface area contributed by atoms with Crippen molar-refractivity contribution in [2.24, 2.45) is 17.3 Å². The fourth-order valence-corrected chi connectivity index (χ4v) is 4.51. The molecule has 25 heavy (non-hydrogen) atoms. The molecule has 0 spiro atoms. The van der Waals surface area contributed by atoms with Gasteiger partial charge >= 0.3 is 5.97 Å². The molecule has 1 saturated carbocycles. The number of thiazole rings is 1. The van der Waals surface area contributed by atoms with Crippen LogP contribution in [0.15, 0.2) is 46.0 Å². The molecule has 1 aliphatic carbocycles. The van der Waals surface area contributed by atoms with Crippen molar-refractivity contribution in [3.63, 3.8) is 0 Å². The number of carbonyl (C=O) groups excluding carboxylic acids is 1. The van der Waals surface area contributed by atoms with E-state index in [1.54, 1.807) is 17.5 Å². The van der Waals surface area contributed by atoms with Gasteiger partial charge in [0.25, 0.3) is 0 Å². The van der Waals surface area contributed by atoms with Gasteiger partial charge in [0.1, 0.15) is 6.61 Å². The Morgan fingerprint density at radius 2 is 2.04 bits per heavy atom. The fourth-order valence-electron chi connectivity index (χ4n) is 3.07. The van der Waals surface area contributed by atoms with Crippen LogP contribution in [0.4, 0.5) is 0 Å². The van der Waals surface area contributed by atoms with Crippen molar-refractivity contribution in [1.29, 1.82) is 0 Å². The maximum atomic E-state index is 12.4.